The van der Waals surface area contributed by atoms with Gasteiger partial charge in [-0.3, -0.25) is 24.2 Å². The lowest BCUT2D eigenvalue weighted by Crippen LogP contribution is -2.49. The molecule has 0 bridgehead atoms. The molecule has 0 aromatic heterocycles. The van der Waals surface area contributed by atoms with Gasteiger partial charge in [-0.15, -0.1) is 6.58 Å². The third-order valence-electron chi connectivity index (χ3n) is 16.2. The summed E-state index contributed by atoms with van der Waals surface area (Å²) in [5, 5.41) is 1.10. The first kappa shape index (κ1) is 69.2. The van der Waals surface area contributed by atoms with Crippen molar-refractivity contribution >= 4 is 82.2 Å². The number of benzene rings is 6. The number of carbonyl (C=O) groups is 3. The number of ether oxygens (including phenoxy) is 2. The van der Waals surface area contributed by atoms with Crippen molar-refractivity contribution in [1.82, 2.24) is 14.7 Å². The van der Waals surface area contributed by atoms with Gasteiger partial charge in [-0.2, -0.15) is 0 Å². The second kappa shape index (κ2) is 29.1. The van der Waals surface area contributed by atoms with Crippen molar-refractivity contribution in [3.05, 3.63) is 207 Å². The lowest BCUT2D eigenvalue weighted by molar-refractivity contribution is -0.144. The largest absolute Gasteiger partial charge is 0.469 e. The summed E-state index contributed by atoms with van der Waals surface area (Å²) in [7, 11) is -9.79. The normalized spacial score (nSPS) is 16.8. The Labute approximate surface area is 522 Å². The van der Waals surface area contributed by atoms with E-state index >= 15 is 0 Å². The molecule has 6 aromatic carbocycles. The molecular weight excluding hydrogens is 1280 g/mol. The highest BCUT2D eigenvalue weighted by Gasteiger charge is 2.53. The Hall–Kier alpha value is -6.31. The molecule has 1 amide bonds. The maximum atomic E-state index is 14.8. The van der Waals surface area contributed by atoms with Crippen molar-refractivity contribution < 1.29 is 75.5 Å². The van der Waals surface area contributed by atoms with Crippen LogP contribution in [0, 0.1) is 34.9 Å². The molecule has 3 heterocycles. The monoisotopic (exact) mass is 1340 g/mol. The van der Waals surface area contributed by atoms with Crippen molar-refractivity contribution in [1.29, 1.82) is 0 Å². The molecule has 3 aliphatic heterocycles. The highest BCUT2D eigenvalue weighted by molar-refractivity contribution is 7.93. The Morgan fingerprint density at radius 2 is 0.773 bits per heavy atom. The van der Waals surface area contributed by atoms with Crippen molar-refractivity contribution in [3.63, 3.8) is 0 Å². The lowest BCUT2D eigenvalue weighted by atomic mass is 9.87. The van der Waals surface area contributed by atoms with Gasteiger partial charge in [0.05, 0.1) is 41.9 Å². The van der Waals surface area contributed by atoms with E-state index < -0.39 is 90.6 Å². The standard InChI is InChI=1S/C22H22ClF2NO5S.C20H20ClF2NO4S.C20H20ClF2NO2S/c1-31-21(28)9-8-20(27)26-12-10-22(11-13-26,18-14-16(24)4-7-19(18)25)32(29,30)17-5-2-15(23)3-6-17;1-28-19(25)13-24-10-8-20(9-11-24,17-12-15(22)4-7-18(17)23)29(26,27)16-5-2-14(21)3-6-16;1-2-11-24-12-9-20(10-13-24,18-14-16(22)5-8-19(18)23)27(25,26)17-6-3-15(21)4-7-17/h2-7,14H,8-13H2,1H3;2-7,12H,8-11,13H2,1H3;2-8,14H,1,9-13H2. The van der Waals surface area contributed by atoms with E-state index in [1.807, 2.05) is 4.90 Å². The molecule has 88 heavy (non-hydrogen) atoms. The maximum Gasteiger partial charge on any atom is 0.319 e. The van der Waals surface area contributed by atoms with Crippen LogP contribution in [0.2, 0.25) is 15.1 Å². The maximum absolute atomic E-state index is 14.8. The molecule has 3 aliphatic rings. The number of hydrogen-bond donors (Lipinski definition) is 0. The van der Waals surface area contributed by atoms with Crippen LogP contribution in [0.15, 0.2) is 155 Å². The molecule has 26 heteroatoms. The molecular formula is C62H62Cl3F6N3O11S3. The first-order chi connectivity index (χ1) is 41.6. The van der Waals surface area contributed by atoms with E-state index in [-0.39, 0.29) is 121 Å². The van der Waals surface area contributed by atoms with Crippen LogP contribution in [-0.2, 0) is 67.6 Å². The summed E-state index contributed by atoms with van der Waals surface area (Å²) in [4.78, 5) is 40.5. The van der Waals surface area contributed by atoms with E-state index in [1.54, 1.807) is 11.0 Å². The van der Waals surface area contributed by atoms with Crippen molar-refractivity contribution in [2.45, 2.75) is 80.3 Å². The van der Waals surface area contributed by atoms with E-state index in [0.29, 0.717) is 34.7 Å². The fraction of sp³-hybridized carbons (Fsp3) is 0.339. The van der Waals surface area contributed by atoms with Gasteiger partial charge in [-0.1, -0.05) is 40.9 Å². The van der Waals surface area contributed by atoms with Gasteiger partial charge < -0.3 is 14.4 Å². The number of amides is 1. The first-order valence-electron chi connectivity index (χ1n) is 27.4. The van der Waals surface area contributed by atoms with E-state index in [2.05, 4.69) is 16.1 Å². The molecule has 3 fully saturated rings. The number of methoxy groups -OCH3 is 2. The Morgan fingerprint density at radius 3 is 1.08 bits per heavy atom. The number of likely N-dealkylation sites (tertiary alicyclic amines) is 3. The Kier molecular flexibility index (Phi) is 22.9. The van der Waals surface area contributed by atoms with Gasteiger partial charge in [0.2, 0.25) is 5.91 Å². The van der Waals surface area contributed by atoms with Crippen LogP contribution in [-0.4, -0.2) is 124 Å². The van der Waals surface area contributed by atoms with E-state index in [1.165, 1.54) is 91.9 Å². The second-order valence-corrected chi connectivity index (χ2v) is 29.2. The number of hydrogen-bond acceptors (Lipinski definition) is 13. The van der Waals surface area contributed by atoms with Crippen molar-refractivity contribution in [3.8, 4) is 0 Å². The van der Waals surface area contributed by atoms with Crippen LogP contribution in [0.3, 0.4) is 0 Å². The summed E-state index contributed by atoms with van der Waals surface area (Å²) < 4.78 is 172. The predicted molar refractivity (Wildman–Crippen MR) is 321 cm³/mol. The first-order valence-corrected chi connectivity index (χ1v) is 33.0. The van der Waals surface area contributed by atoms with Crippen LogP contribution in [0.5, 0.6) is 0 Å². The zero-order valence-electron chi connectivity index (χ0n) is 47.7. The Balaban J connectivity index is 0.000000189. The molecule has 0 unspecified atom stereocenters. The van der Waals surface area contributed by atoms with Gasteiger partial charge in [0, 0.05) is 84.0 Å². The zero-order chi connectivity index (χ0) is 64.4. The molecule has 9 rings (SSSR count). The highest BCUT2D eigenvalue weighted by Crippen LogP contribution is 2.49. The summed E-state index contributed by atoms with van der Waals surface area (Å²) in [6.07, 6.45) is 1.59. The average molecular weight is 1340 g/mol. The van der Waals surface area contributed by atoms with Gasteiger partial charge in [-0.25, -0.2) is 51.6 Å². The summed E-state index contributed by atoms with van der Waals surface area (Å²) in [6.45, 7) is 5.61. The van der Waals surface area contributed by atoms with Crippen molar-refractivity contribution in [2.75, 3.05) is 66.6 Å². The molecule has 472 valence electrons. The average Bonchev–Trinajstić information content (AvgIpc) is 1.22. The van der Waals surface area contributed by atoms with E-state index in [4.69, 9.17) is 34.8 Å². The van der Waals surface area contributed by atoms with Crippen LogP contribution in [0.1, 0.15) is 68.1 Å². The summed E-state index contributed by atoms with van der Waals surface area (Å²) in [6, 6.07) is 25.4. The fourth-order valence-corrected chi connectivity index (χ4v) is 18.0. The molecule has 0 radical (unpaired) electrons. The molecule has 6 aromatic rings. The summed E-state index contributed by atoms with van der Waals surface area (Å²) in [5.74, 6) is -5.80. The molecule has 3 saturated heterocycles. The van der Waals surface area contributed by atoms with Crippen LogP contribution < -0.4 is 0 Å². The van der Waals surface area contributed by atoms with Crippen LogP contribution in [0.25, 0.3) is 0 Å². The summed E-state index contributed by atoms with van der Waals surface area (Å²) in [5.41, 5.74) is -0.588. The predicted octanol–water partition coefficient (Wildman–Crippen LogP) is 12.0. The lowest BCUT2D eigenvalue weighted by Gasteiger charge is -2.41. The van der Waals surface area contributed by atoms with E-state index in [9.17, 15) is 66.0 Å². The van der Waals surface area contributed by atoms with Gasteiger partial charge >= 0.3 is 11.9 Å². The topological polar surface area (TPSA) is 182 Å². The zero-order valence-corrected chi connectivity index (χ0v) is 52.4. The van der Waals surface area contributed by atoms with Gasteiger partial charge in [-0.05, 0) is 166 Å². The molecule has 0 aliphatic carbocycles. The third-order valence-corrected chi connectivity index (χ3v) is 24.6. The van der Waals surface area contributed by atoms with Gasteiger partial charge in [0.15, 0.2) is 29.5 Å². The van der Waals surface area contributed by atoms with E-state index in [0.717, 1.165) is 54.6 Å². The Bertz CT molecular complexity index is 3850. The minimum atomic E-state index is -4.19. The molecule has 14 nitrogen and oxygen atoms in total. The van der Waals surface area contributed by atoms with Crippen LogP contribution in [0.4, 0.5) is 26.3 Å². The molecule has 0 saturated carbocycles. The van der Waals surface area contributed by atoms with Gasteiger partial charge in [0.25, 0.3) is 0 Å². The number of piperidine rings is 3. The second-order valence-electron chi connectivity index (χ2n) is 21.1. The molecule has 0 spiro atoms. The third kappa shape index (κ3) is 14.9. The number of rotatable bonds is 16. The smallest absolute Gasteiger partial charge is 0.319 e. The number of carbonyl (C=O) groups excluding carboxylic acids is 3. The SMILES string of the molecule is C=CCN1CCC(c2cc(F)ccc2F)(S(=O)(=O)c2ccc(Cl)cc2)CC1.COC(=O)CCC(=O)N1CCC(c2cc(F)ccc2F)(S(=O)(=O)c2ccc(Cl)cc2)CC1.COC(=O)CN1CCC(c2cc(F)ccc2F)(S(=O)(=O)c2ccc(Cl)cc2)CC1. The van der Waals surface area contributed by atoms with Gasteiger partial charge in [0.1, 0.15) is 49.1 Å². The van der Waals surface area contributed by atoms with Crippen molar-refractivity contribution in [2.24, 2.45) is 0 Å². The highest BCUT2D eigenvalue weighted by atomic mass is 35.5. The number of halogens is 9. The summed E-state index contributed by atoms with van der Waals surface area (Å²) >= 11 is 17.6. The number of sulfone groups is 3. The van der Waals surface area contributed by atoms with Crippen LogP contribution >= 0.6 is 34.8 Å². The number of esters is 2. The molecule has 0 N–H and O–H groups in total. The fourth-order valence-electron chi connectivity index (χ4n) is 11.3. The number of nitrogens with zero attached hydrogens (tertiary/aromatic N) is 3. The Morgan fingerprint density at radius 1 is 0.466 bits per heavy atom. The minimum absolute atomic E-state index is 0.000788. The molecule has 0 atom stereocenters. The minimum Gasteiger partial charge on any atom is -0.469 e. The quantitative estimate of drug-likeness (QED) is 0.0507.